The molecule has 1 amide bonds. The van der Waals surface area contributed by atoms with Crippen molar-refractivity contribution in [1.82, 2.24) is 10.3 Å². The van der Waals surface area contributed by atoms with E-state index in [9.17, 15) is 18.0 Å². The minimum Gasteiger partial charge on any atom is -0.497 e. The molecule has 4 nitrogen and oxygen atoms in total. The van der Waals surface area contributed by atoms with Crippen molar-refractivity contribution >= 4 is 28.1 Å². The van der Waals surface area contributed by atoms with Gasteiger partial charge in [-0.15, -0.1) is 0 Å². The van der Waals surface area contributed by atoms with Gasteiger partial charge in [0.15, 0.2) is 0 Å². The molecule has 2 aromatic carbocycles. The number of nitrogens with zero attached hydrogens (tertiary/aromatic N) is 1. The Bertz CT molecular complexity index is 1220. The normalized spacial score (nSPS) is 11.5. The van der Waals surface area contributed by atoms with Crippen LogP contribution in [0.2, 0.25) is 0 Å². The van der Waals surface area contributed by atoms with E-state index in [2.05, 4.69) is 10.3 Å². The van der Waals surface area contributed by atoms with Crippen molar-refractivity contribution in [3.05, 3.63) is 82.0 Å². The van der Waals surface area contributed by atoms with Gasteiger partial charge in [0.25, 0.3) is 5.91 Å². The minimum atomic E-state index is -4.39. The van der Waals surface area contributed by atoms with Gasteiger partial charge in [-0.3, -0.25) is 4.79 Å². The van der Waals surface area contributed by atoms with E-state index in [1.165, 1.54) is 23.5 Å². The Hall–Kier alpha value is -3.39. The van der Waals surface area contributed by atoms with Gasteiger partial charge in [0.05, 0.1) is 29.4 Å². The van der Waals surface area contributed by atoms with Crippen LogP contribution in [-0.2, 0) is 12.7 Å². The fraction of sp³-hybridized carbons (Fsp3) is 0.130. The first-order valence-corrected chi connectivity index (χ1v) is 10.2. The zero-order valence-corrected chi connectivity index (χ0v) is 17.2. The Kier molecular flexibility index (Phi) is 5.65. The molecule has 4 rings (SSSR count). The number of thiophene rings is 1. The molecule has 0 spiro atoms. The number of fused-ring (bicyclic) bond motifs is 1. The molecule has 0 fully saturated rings. The molecule has 158 valence electrons. The Labute approximate surface area is 180 Å². The molecular formula is C23H17F3N2O2S. The maximum atomic E-state index is 13.0. The second-order valence-electron chi connectivity index (χ2n) is 6.83. The molecule has 0 bridgehead atoms. The topological polar surface area (TPSA) is 51.2 Å². The van der Waals surface area contributed by atoms with Gasteiger partial charge < -0.3 is 10.1 Å². The lowest BCUT2D eigenvalue weighted by Gasteiger charge is -2.12. The molecule has 0 atom stereocenters. The maximum absolute atomic E-state index is 13.0. The standard InChI is InChI=1S/C23H17F3N2O2S/c1-30-18-7-4-15-10-19(21(28-20(15)11-18)16-8-9-31-13-16)22(29)27-12-14-2-5-17(6-3-14)23(24,25)26/h2-11,13H,12H2,1H3,(H,27,29). The number of alkyl halides is 3. The number of nitrogens with one attached hydrogen (secondary N) is 1. The van der Waals surface area contributed by atoms with Crippen molar-refractivity contribution in [2.45, 2.75) is 12.7 Å². The summed E-state index contributed by atoms with van der Waals surface area (Å²) < 4.78 is 43.4. The first-order chi connectivity index (χ1) is 14.8. The van der Waals surface area contributed by atoms with Crippen LogP contribution in [0, 0.1) is 0 Å². The van der Waals surface area contributed by atoms with Crippen LogP contribution < -0.4 is 10.1 Å². The minimum absolute atomic E-state index is 0.0979. The third kappa shape index (κ3) is 4.54. The second-order valence-corrected chi connectivity index (χ2v) is 7.61. The van der Waals surface area contributed by atoms with Crippen LogP contribution in [0.4, 0.5) is 13.2 Å². The van der Waals surface area contributed by atoms with Gasteiger partial charge in [0, 0.05) is 28.9 Å². The first-order valence-electron chi connectivity index (χ1n) is 9.31. The second kappa shape index (κ2) is 8.39. The number of carbonyl (C=O) groups is 1. The molecule has 0 aliphatic heterocycles. The number of pyridine rings is 1. The zero-order valence-electron chi connectivity index (χ0n) is 16.4. The molecule has 8 heteroatoms. The molecule has 0 aliphatic rings. The van der Waals surface area contributed by atoms with Gasteiger partial charge in [-0.05, 0) is 47.3 Å². The molecule has 31 heavy (non-hydrogen) atoms. The van der Waals surface area contributed by atoms with Crippen LogP contribution in [0.1, 0.15) is 21.5 Å². The fourth-order valence-corrected chi connectivity index (χ4v) is 3.80. The lowest BCUT2D eigenvalue weighted by Crippen LogP contribution is -2.24. The van der Waals surface area contributed by atoms with E-state index >= 15 is 0 Å². The number of ether oxygens (including phenoxy) is 1. The fourth-order valence-electron chi connectivity index (χ4n) is 3.16. The summed E-state index contributed by atoms with van der Waals surface area (Å²) >= 11 is 1.49. The lowest BCUT2D eigenvalue weighted by atomic mass is 10.0. The number of hydrogen-bond donors (Lipinski definition) is 1. The average Bonchev–Trinajstić information content (AvgIpc) is 3.30. The Balaban J connectivity index is 1.63. The molecule has 0 radical (unpaired) electrons. The molecule has 2 aromatic heterocycles. The SMILES string of the molecule is COc1ccc2cc(C(=O)NCc3ccc(C(F)(F)F)cc3)c(-c3ccsc3)nc2c1. The highest BCUT2D eigenvalue weighted by Gasteiger charge is 2.29. The number of aromatic nitrogens is 1. The molecule has 1 N–H and O–H groups in total. The highest BCUT2D eigenvalue weighted by atomic mass is 32.1. The van der Waals surface area contributed by atoms with Crippen molar-refractivity contribution in [1.29, 1.82) is 0 Å². The van der Waals surface area contributed by atoms with E-state index < -0.39 is 11.7 Å². The van der Waals surface area contributed by atoms with E-state index in [1.54, 1.807) is 25.3 Å². The maximum Gasteiger partial charge on any atom is 0.416 e. The number of hydrogen-bond acceptors (Lipinski definition) is 4. The van der Waals surface area contributed by atoms with E-state index in [0.29, 0.717) is 28.1 Å². The Morgan fingerprint density at radius 1 is 1.10 bits per heavy atom. The number of methoxy groups -OCH3 is 1. The van der Waals surface area contributed by atoms with Crippen molar-refractivity contribution in [3.63, 3.8) is 0 Å². The first kappa shape index (κ1) is 20.9. The molecule has 4 aromatic rings. The van der Waals surface area contributed by atoms with Crippen molar-refractivity contribution < 1.29 is 22.7 Å². The van der Waals surface area contributed by atoms with Crippen LogP contribution in [0.25, 0.3) is 22.2 Å². The average molecular weight is 442 g/mol. The van der Waals surface area contributed by atoms with E-state index in [1.807, 2.05) is 22.9 Å². The lowest BCUT2D eigenvalue weighted by molar-refractivity contribution is -0.137. The van der Waals surface area contributed by atoms with Gasteiger partial charge in [-0.1, -0.05) is 12.1 Å². The summed E-state index contributed by atoms with van der Waals surface area (Å²) in [5.74, 6) is 0.307. The van der Waals surface area contributed by atoms with Crippen molar-refractivity contribution in [2.24, 2.45) is 0 Å². The summed E-state index contributed by atoms with van der Waals surface area (Å²) in [6.45, 7) is 0.0979. The highest BCUT2D eigenvalue weighted by Crippen LogP contribution is 2.30. The van der Waals surface area contributed by atoms with E-state index in [-0.39, 0.29) is 12.5 Å². The van der Waals surface area contributed by atoms with Crippen LogP contribution in [0.5, 0.6) is 5.75 Å². The summed E-state index contributed by atoms with van der Waals surface area (Å²) in [6.07, 6.45) is -4.39. The van der Waals surface area contributed by atoms with Crippen LogP contribution in [0.3, 0.4) is 0 Å². The quantitative estimate of drug-likeness (QED) is 0.417. The van der Waals surface area contributed by atoms with Crippen molar-refractivity contribution in [2.75, 3.05) is 7.11 Å². The summed E-state index contributed by atoms with van der Waals surface area (Å²) in [5, 5.41) is 7.36. The summed E-state index contributed by atoms with van der Waals surface area (Å²) in [4.78, 5) is 17.7. The predicted octanol–water partition coefficient (Wildman–Crippen LogP) is 5.92. The highest BCUT2D eigenvalue weighted by molar-refractivity contribution is 7.08. The smallest absolute Gasteiger partial charge is 0.416 e. The number of amides is 1. The molecule has 0 aliphatic carbocycles. The van der Waals surface area contributed by atoms with Gasteiger partial charge in [0.1, 0.15) is 5.75 Å². The van der Waals surface area contributed by atoms with Gasteiger partial charge >= 0.3 is 6.18 Å². The largest absolute Gasteiger partial charge is 0.497 e. The van der Waals surface area contributed by atoms with Gasteiger partial charge in [0.2, 0.25) is 0 Å². The summed E-state index contributed by atoms with van der Waals surface area (Å²) in [7, 11) is 1.57. The van der Waals surface area contributed by atoms with Gasteiger partial charge in [-0.2, -0.15) is 24.5 Å². The van der Waals surface area contributed by atoms with Gasteiger partial charge in [-0.25, -0.2) is 4.98 Å². The van der Waals surface area contributed by atoms with E-state index in [4.69, 9.17) is 4.74 Å². The van der Waals surface area contributed by atoms with Crippen molar-refractivity contribution in [3.8, 4) is 17.0 Å². The monoisotopic (exact) mass is 442 g/mol. The number of benzene rings is 2. The third-order valence-electron chi connectivity index (χ3n) is 4.80. The summed E-state index contributed by atoms with van der Waals surface area (Å²) in [5.41, 5.74) is 2.28. The van der Waals surface area contributed by atoms with Crippen LogP contribution in [-0.4, -0.2) is 18.0 Å². The van der Waals surface area contributed by atoms with E-state index in [0.717, 1.165) is 23.1 Å². The summed E-state index contributed by atoms with van der Waals surface area (Å²) in [6, 6.07) is 13.8. The third-order valence-corrected chi connectivity index (χ3v) is 5.48. The Morgan fingerprint density at radius 3 is 2.52 bits per heavy atom. The molecule has 0 saturated carbocycles. The number of halogens is 3. The number of carbonyl (C=O) groups excluding carboxylic acids is 1. The van der Waals surface area contributed by atoms with Crippen LogP contribution >= 0.6 is 11.3 Å². The Morgan fingerprint density at radius 2 is 1.87 bits per heavy atom. The molecule has 0 unspecified atom stereocenters. The molecule has 0 saturated heterocycles. The predicted molar refractivity (Wildman–Crippen MR) is 114 cm³/mol. The molecular weight excluding hydrogens is 425 g/mol. The number of rotatable bonds is 5. The molecule has 2 heterocycles. The van der Waals surface area contributed by atoms with Crippen LogP contribution in [0.15, 0.2) is 65.4 Å². The zero-order chi connectivity index (χ0) is 22.0.